The van der Waals surface area contributed by atoms with Crippen molar-refractivity contribution in [3.05, 3.63) is 40.1 Å². The van der Waals surface area contributed by atoms with Gasteiger partial charge < -0.3 is 24.1 Å². The van der Waals surface area contributed by atoms with E-state index in [0.717, 1.165) is 12.8 Å². The Kier molecular flexibility index (Phi) is 3.44. The summed E-state index contributed by atoms with van der Waals surface area (Å²) in [6.07, 6.45) is 5.81. The summed E-state index contributed by atoms with van der Waals surface area (Å²) >= 11 is 0. The molecule has 0 bridgehead atoms. The van der Waals surface area contributed by atoms with Gasteiger partial charge in [0.1, 0.15) is 33.7 Å². The first kappa shape index (κ1) is 17.0. The monoisotopic (exact) mass is 380 g/mol. The molecule has 5 rings (SSSR count). The lowest BCUT2D eigenvalue weighted by Crippen LogP contribution is -2.27. The lowest BCUT2D eigenvalue weighted by Gasteiger charge is -2.28. The van der Waals surface area contributed by atoms with Gasteiger partial charge in [0.25, 0.3) is 0 Å². The average Bonchev–Trinajstić information content (AvgIpc) is 3.44. The summed E-state index contributed by atoms with van der Waals surface area (Å²) in [6.45, 7) is 4.33. The van der Waals surface area contributed by atoms with Crippen LogP contribution in [0.3, 0.4) is 0 Å². The minimum absolute atomic E-state index is 0.0604. The van der Waals surface area contributed by atoms with Gasteiger partial charge in [-0.1, -0.05) is 0 Å². The summed E-state index contributed by atoms with van der Waals surface area (Å²) in [5.74, 6) is 0.940. The molecule has 0 amide bonds. The molecule has 2 N–H and O–H groups in total. The maximum atomic E-state index is 13.0. The number of aromatic hydroxyl groups is 2. The molecule has 0 atom stereocenters. The molecule has 1 saturated carbocycles. The second kappa shape index (κ2) is 5.67. The van der Waals surface area contributed by atoms with E-state index in [1.807, 2.05) is 19.9 Å². The zero-order chi connectivity index (χ0) is 19.6. The quantitative estimate of drug-likeness (QED) is 0.658. The maximum absolute atomic E-state index is 13.0. The summed E-state index contributed by atoms with van der Waals surface area (Å²) in [7, 11) is 0. The van der Waals surface area contributed by atoms with Gasteiger partial charge in [-0.3, -0.25) is 4.79 Å². The Balaban J connectivity index is 1.72. The normalized spacial score (nSPS) is 17.5. The third-order valence-electron chi connectivity index (χ3n) is 5.21. The van der Waals surface area contributed by atoms with Crippen molar-refractivity contribution in [1.29, 1.82) is 0 Å². The average molecular weight is 380 g/mol. The van der Waals surface area contributed by atoms with E-state index in [0.29, 0.717) is 23.8 Å². The van der Waals surface area contributed by atoms with Crippen LogP contribution in [-0.4, -0.2) is 22.4 Å². The molecule has 6 nitrogen and oxygen atoms in total. The fourth-order valence-electron chi connectivity index (χ4n) is 3.46. The van der Waals surface area contributed by atoms with Gasteiger partial charge >= 0.3 is 0 Å². The summed E-state index contributed by atoms with van der Waals surface area (Å²) in [6, 6.07) is 4.47. The summed E-state index contributed by atoms with van der Waals surface area (Å²) in [5, 5.41) is 21.2. The molecule has 1 fully saturated rings. The van der Waals surface area contributed by atoms with Crippen molar-refractivity contribution in [3.63, 3.8) is 0 Å². The third-order valence-corrected chi connectivity index (χ3v) is 5.21. The lowest BCUT2D eigenvalue weighted by atomic mass is 9.99. The van der Waals surface area contributed by atoms with E-state index < -0.39 is 11.0 Å². The second-order valence-electron chi connectivity index (χ2n) is 8.05. The molecule has 2 heterocycles. The number of hydrogen-bond donors (Lipinski definition) is 2. The molecule has 3 aromatic rings. The first-order chi connectivity index (χ1) is 13.3. The molecule has 0 spiro atoms. The highest BCUT2D eigenvalue weighted by molar-refractivity contribution is 5.97. The van der Waals surface area contributed by atoms with Gasteiger partial charge in [-0.2, -0.15) is 0 Å². The molecule has 0 saturated heterocycles. The Morgan fingerprint density at radius 3 is 2.71 bits per heavy atom. The standard InChI is InChI=1S/C22H20O6/c1-22(2)6-5-12-16(28-22)9-18-19(20(12)24)21(25)13-7-14(23)17(8-15(13)27-18)26-10-11-3-4-11/h5-9,11,23-24H,3-4,10H2,1-2H3. The predicted molar refractivity (Wildman–Crippen MR) is 105 cm³/mol. The zero-order valence-corrected chi connectivity index (χ0v) is 15.6. The van der Waals surface area contributed by atoms with Crippen molar-refractivity contribution in [2.45, 2.75) is 32.3 Å². The minimum Gasteiger partial charge on any atom is -0.506 e. The van der Waals surface area contributed by atoms with Gasteiger partial charge in [-0.15, -0.1) is 0 Å². The molecule has 144 valence electrons. The SMILES string of the molecule is CC1(C)C=Cc2c(cc3oc4cc(OCC5CC5)c(O)cc4c(=O)c3c2O)O1. The Hall–Kier alpha value is -3.15. The number of rotatable bonds is 3. The molecule has 28 heavy (non-hydrogen) atoms. The van der Waals surface area contributed by atoms with Crippen LogP contribution < -0.4 is 14.9 Å². The molecular weight excluding hydrogens is 360 g/mol. The van der Waals surface area contributed by atoms with Gasteiger partial charge in [-0.05, 0) is 50.8 Å². The molecule has 1 aliphatic carbocycles. The smallest absolute Gasteiger partial charge is 0.204 e. The molecule has 2 aromatic carbocycles. The number of hydrogen-bond acceptors (Lipinski definition) is 6. The highest BCUT2D eigenvalue weighted by Gasteiger charge is 2.27. The van der Waals surface area contributed by atoms with Crippen LogP contribution in [-0.2, 0) is 0 Å². The first-order valence-electron chi connectivity index (χ1n) is 9.33. The zero-order valence-electron chi connectivity index (χ0n) is 15.6. The van der Waals surface area contributed by atoms with E-state index in [-0.39, 0.29) is 39.2 Å². The van der Waals surface area contributed by atoms with Crippen molar-refractivity contribution >= 4 is 28.0 Å². The first-order valence-corrected chi connectivity index (χ1v) is 9.33. The van der Waals surface area contributed by atoms with E-state index >= 15 is 0 Å². The van der Waals surface area contributed by atoms with E-state index in [1.165, 1.54) is 12.1 Å². The van der Waals surface area contributed by atoms with E-state index in [2.05, 4.69) is 0 Å². The van der Waals surface area contributed by atoms with Crippen molar-refractivity contribution in [2.75, 3.05) is 6.61 Å². The van der Waals surface area contributed by atoms with Crippen LogP contribution in [0.25, 0.3) is 28.0 Å². The summed E-state index contributed by atoms with van der Waals surface area (Å²) in [5.41, 5.74) is -0.00416. The number of phenolic OH excluding ortho intramolecular Hbond substituents is 2. The summed E-state index contributed by atoms with van der Waals surface area (Å²) < 4.78 is 17.5. The van der Waals surface area contributed by atoms with Crippen LogP contribution in [0.5, 0.6) is 23.0 Å². The van der Waals surface area contributed by atoms with Gasteiger partial charge in [0.15, 0.2) is 11.5 Å². The number of phenols is 2. The fourth-order valence-corrected chi connectivity index (χ4v) is 3.46. The largest absolute Gasteiger partial charge is 0.506 e. The van der Waals surface area contributed by atoms with Gasteiger partial charge in [0.05, 0.1) is 17.6 Å². The van der Waals surface area contributed by atoms with Crippen molar-refractivity contribution in [1.82, 2.24) is 0 Å². The highest BCUT2D eigenvalue weighted by atomic mass is 16.5. The van der Waals surface area contributed by atoms with Crippen LogP contribution in [0, 0.1) is 5.92 Å². The topological polar surface area (TPSA) is 89.1 Å². The molecule has 1 aromatic heterocycles. The predicted octanol–water partition coefficient (Wildman–Crippen LogP) is 4.33. The van der Waals surface area contributed by atoms with Crippen LogP contribution in [0.15, 0.2) is 33.5 Å². The number of ether oxygens (including phenoxy) is 2. The van der Waals surface area contributed by atoms with E-state index in [4.69, 9.17) is 13.9 Å². The Morgan fingerprint density at radius 1 is 1.18 bits per heavy atom. The van der Waals surface area contributed by atoms with E-state index in [9.17, 15) is 15.0 Å². The number of fused-ring (bicyclic) bond motifs is 3. The Labute approximate surface area is 160 Å². The summed E-state index contributed by atoms with van der Waals surface area (Å²) in [4.78, 5) is 13.0. The van der Waals surface area contributed by atoms with Gasteiger partial charge in [0, 0.05) is 12.1 Å². The van der Waals surface area contributed by atoms with Crippen LogP contribution in [0.1, 0.15) is 32.3 Å². The van der Waals surface area contributed by atoms with E-state index in [1.54, 1.807) is 12.1 Å². The van der Waals surface area contributed by atoms with Crippen molar-refractivity contribution < 1.29 is 24.1 Å². The highest BCUT2D eigenvalue weighted by Crippen LogP contribution is 2.42. The molecule has 2 aliphatic rings. The lowest BCUT2D eigenvalue weighted by molar-refractivity contribution is 0.158. The van der Waals surface area contributed by atoms with Gasteiger partial charge in [0.2, 0.25) is 5.43 Å². The molecule has 0 unspecified atom stereocenters. The van der Waals surface area contributed by atoms with Crippen LogP contribution in [0.2, 0.25) is 0 Å². The van der Waals surface area contributed by atoms with Crippen LogP contribution >= 0.6 is 0 Å². The van der Waals surface area contributed by atoms with Crippen molar-refractivity contribution in [2.24, 2.45) is 5.92 Å². The molecule has 1 aliphatic heterocycles. The van der Waals surface area contributed by atoms with Crippen molar-refractivity contribution in [3.8, 4) is 23.0 Å². The van der Waals surface area contributed by atoms with Gasteiger partial charge in [-0.25, -0.2) is 0 Å². The number of benzene rings is 2. The molecule has 6 heteroatoms. The molecule has 0 radical (unpaired) electrons. The Morgan fingerprint density at radius 2 is 1.96 bits per heavy atom. The second-order valence-corrected chi connectivity index (χ2v) is 8.05. The Bertz CT molecular complexity index is 1210. The molecular formula is C22H20O6. The minimum atomic E-state index is -0.528. The van der Waals surface area contributed by atoms with Crippen LogP contribution in [0.4, 0.5) is 0 Å². The fraction of sp³-hybridized carbons (Fsp3) is 0.318. The third kappa shape index (κ3) is 2.68. The maximum Gasteiger partial charge on any atom is 0.204 e.